The zero-order valence-corrected chi connectivity index (χ0v) is 21.4. The van der Waals surface area contributed by atoms with E-state index in [1.807, 2.05) is 37.3 Å². The number of likely N-dealkylation sites (N-methyl/N-ethyl adjacent to an activating group) is 1. The summed E-state index contributed by atoms with van der Waals surface area (Å²) in [4.78, 5) is 22.6. The molecule has 7 rings (SSSR count). The molecule has 0 radical (unpaired) electrons. The van der Waals surface area contributed by atoms with Crippen LogP contribution in [-0.4, -0.2) is 74.3 Å². The summed E-state index contributed by atoms with van der Waals surface area (Å²) in [6.45, 7) is 5.17. The summed E-state index contributed by atoms with van der Waals surface area (Å²) in [5.41, 5.74) is 4.45. The molecule has 2 atom stereocenters. The fourth-order valence-corrected chi connectivity index (χ4v) is 5.62. The van der Waals surface area contributed by atoms with E-state index in [0.29, 0.717) is 29.2 Å². The molecule has 2 aliphatic rings. The Labute approximate surface area is 219 Å². The van der Waals surface area contributed by atoms with Crippen molar-refractivity contribution in [3.63, 3.8) is 0 Å². The van der Waals surface area contributed by atoms with Gasteiger partial charge in [-0.05, 0) is 49.9 Å². The van der Waals surface area contributed by atoms with Gasteiger partial charge in [0, 0.05) is 43.3 Å². The molecule has 0 spiro atoms. The van der Waals surface area contributed by atoms with Gasteiger partial charge >= 0.3 is 0 Å². The summed E-state index contributed by atoms with van der Waals surface area (Å²) >= 11 is 0. The Morgan fingerprint density at radius 3 is 2.68 bits per heavy atom. The van der Waals surface area contributed by atoms with Crippen LogP contribution in [0.25, 0.3) is 16.6 Å². The van der Waals surface area contributed by atoms with E-state index in [1.165, 1.54) is 6.33 Å². The van der Waals surface area contributed by atoms with Crippen LogP contribution in [-0.2, 0) is 0 Å². The van der Waals surface area contributed by atoms with Crippen molar-refractivity contribution in [1.82, 2.24) is 34.4 Å². The Morgan fingerprint density at radius 2 is 1.84 bits per heavy atom. The lowest BCUT2D eigenvalue weighted by molar-refractivity contribution is 0.352. The quantitative estimate of drug-likeness (QED) is 0.364. The molecule has 5 heterocycles. The van der Waals surface area contributed by atoms with Crippen molar-refractivity contribution in [2.24, 2.45) is 5.92 Å². The van der Waals surface area contributed by atoms with E-state index in [1.54, 1.807) is 30.3 Å². The van der Waals surface area contributed by atoms with Crippen molar-refractivity contribution in [1.29, 1.82) is 0 Å². The van der Waals surface area contributed by atoms with Gasteiger partial charge in [0.1, 0.15) is 36.3 Å². The van der Waals surface area contributed by atoms with E-state index >= 15 is 0 Å². The lowest BCUT2D eigenvalue weighted by atomic mass is 9.90. The average molecular weight is 510 g/mol. The van der Waals surface area contributed by atoms with E-state index in [2.05, 4.69) is 47.2 Å². The highest BCUT2D eigenvalue weighted by molar-refractivity contribution is 6.04. The van der Waals surface area contributed by atoms with Crippen molar-refractivity contribution in [3.8, 4) is 17.4 Å². The number of anilines is 3. The third-order valence-corrected chi connectivity index (χ3v) is 7.47. The van der Waals surface area contributed by atoms with Crippen LogP contribution in [0.4, 0.5) is 17.2 Å². The van der Waals surface area contributed by atoms with Crippen LogP contribution in [0, 0.1) is 12.8 Å². The van der Waals surface area contributed by atoms with Gasteiger partial charge in [-0.2, -0.15) is 5.10 Å². The van der Waals surface area contributed by atoms with Crippen molar-refractivity contribution in [2.75, 3.05) is 44.0 Å². The van der Waals surface area contributed by atoms with E-state index < -0.39 is 0 Å². The molecule has 2 saturated heterocycles. The molecule has 2 unspecified atom stereocenters. The zero-order chi connectivity index (χ0) is 25.8. The molecule has 0 amide bonds. The van der Waals surface area contributed by atoms with E-state index in [9.17, 15) is 0 Å². The van der Waals surface area contributed by atoms with Crippen molar-refractivity contribution < 1.29 is 9.47 Å². The van der Waals surface area contributed by atoms with Gasteiger partial charge in [0.15, 0.2) is 5.65 Å². The molecular weight excluding hydrogens is 482 g/mol. The number of likely N-dealkylation sites (tertiary alicyclic amines) is 1. The second kappa shape index (κ2) is 8.80. The topological polar surface area (TPSA) is 106 Å². The van der Waals surface area contributed by atoms with Crippen LogP contribution in [0.1, 0.15) is 5.56 Å². The minimum atomic E-state index is 0.457. The van der Waals surface area contributed by atoms with Gasteiger partial charge in [0.05, 0.1) is 23.7 Å². The molecular formula is C27H27N9O2. The number of nitrogens with zero attached hydrogens (tertiary/aromatic N) is 8. The van der Waals surface area contributed by atoms with Crippen LogP contribution in [0.3, 0.4) is 0 Å². The highest BCUT2D eigenvalue weighted by atomic mass is 16.5. The molecule has 0 saturated carbocycles. The van der Waals surface area contributed by atoms with Crippen LogP contribution in [0.2, 0.25) is 0 Å². The fourth-order valence-electron chi connectivity index (χ4n) is 5.62. The maximum Gasteiger partial charge on any atom is 0.224 e. The molecule has 2 aromatic carbocycles. The minimum Gasteiger partial charge on any atom is -0.495 e. The van der Waals surface area contributed by atoms with Gasteiger partial charge in [-0.3, -0.25) is 0 Å². The number of benzene rings is 2. The number of rotatable bonds is 6. The zero-order valence-electron chi connectivity index (χ0n) is 21.4. The molecule has 11 nitrogen and oxygen atoms in total. The van der Waals surface area contributed by atoms with Gasteiger partial charge in [0.2, 0.25) is 5.88 Å². The number of hydrogen-bond donors (Lipinski definition) is 1. The molecule has 38 heavy (non-hydrogen) atoms. The average Bonchev–Trinajstić information content (AvgIpc) is 3.50. The standard InChI is InChI=1S/C27H27N9O2/c1-16-8-18(4-6-21(16)38-24-9-23-29-14-32-36(23)15-31-24)33-27-25-19(28-13-30-27)5-7-22(37-3)26(25)35-11-17-10-34(2)12-20(17)35/h4-9,13-15,17,20H,10-12H2,1-3H3,(H,28,30,33). The maximum absolute atomic E-state index is 6.04. The summed E-state index contributed by atoms with van der Waals surface area (Å²) in [5, 5.41) is 8.56. The summed E-state index contributed by atoms with van der Waals surface area (Å²) in [6, 6.07) is 12.1. The predicted molar refractivity (Wildman–Crippen MR) is 144 cm³/mol. The van der Waals surface area contributed by atoms with Crippen LogP contribution in [0.15, 0.2) is 55.4 Å². The van der Waals surface area contributed by atoms with E-state index in [-0.39, 0.29) is 0 Å². The monoisotopic (exact) mass is 509 g/mol. The SMILES string of the molecule is COc1ccc2ncnc(Nc3ccc(Oc4cc5ncnn5cn4)c(C)c3)c2c1N1CC2CN(C)CC21. The highest BCUT2D eigenvalue weighted by Crippen LogP contribution is 2.46. The highest BCUT2D eigenvalue weighted by Gasteiger charge is 2.46. The number of fused-ring (bicyclic) bond motifs is 3. The summed E-state index contributed by atoms with van der Waals surface area (Å²) in [6.07, 6.45) is 4.66. The first kappa shape index (κ1) is 22.7. The minimum absolute atomic E-state index is 0.457. The third-order valence-electron chi connectivity index (χ3n) is 7.47. The molecule has 1 N–H and O–H groups in total. The number of hydrogen-bond acceptors (Lipinski definition) is 10. The molecule has 0 aliphatic carbocycles. The molecule has 192 valence electrons. The first-order valence-electron chi connectivity index (χ1n) is 12.5. The summed E-state index contributed by atoms with van der Waals surface area (Å²) < 4.78 is 13.5. The Balaban J connectivity index is 1.21. The van der Waals surface area contributed by atoms with Gasteiger partial charge < -0.3 is 24.6 Å². The Kier molecular flexibility index (Phi) is 5.25. The Hall–Kier alpha value is -4.51. The van der Waals surface area contributed by atoms with Gasteiger partial charge in [-0.1, -0.05) is 0 Å². The van der Waals surface area contributed by atoms with E-state index in [0.717, 1.165) is 59.0 Å². The normalized spacial score (nSPS) is 19.0. The molecule has 3 aromatic heterocycles. The first-order valence-corrected chi connectivity index (χ1v) is 12.5. The van der Waals surface area contributed by atoms with Gasteiger partial charge in [-0.25, -0.2) is 24.5 Å². The number of aromatic nitrogens is 6. The number of ether oxygens (including phenoxy) is 2. The molecule has 2 aliphatic heterocycles. The fraction of sp³-hybridized carbons (Fsp3) is 0.296. The summed E-state index contributed by atoms with van der Waals surface area (Å²) in [5.74, 6) is 3.42. The van der Waals surface area contributed by atoms with Gasteiger partial charge in [-0.15, -0.1) is 0 Å². The number of nitrogens with one attached hydrogen (secondary N) is 1. The molecule has 0 bridgehead atoms. The van der Waals surface area contributed by atoms with Gasteiger partial charge in [0.25, 0.3) is 0 Å². The van der Waals surface area contributed by atoms with Crippen LogP contribution < -0.4 is 19.7 Å². The van der Waals surface area contributed by atoms with Crippen molar-refractivity contribution in [3.05, 3.63) is 60.9 Å². The van der Waals surface area contributed by atoms with Crippen LogP contribution in [0.5, 0.6) is 17.4 Å². The number of methoxy groups -OCH3 is 1. The van der Waals surface area contributed by atoms with E-state index in [4.69, 9.17) is 9.47 Å². The van der Waals surface area contributed by atoms with Crippen LogP contribution >= 0.6 is 0 Å². The lowest BCUT2D eigenvalue weighted by Gasteiger charge is -2.46. The molecule has 5 aromatic rings. The lowest BCUT2D eigenvalue weighted by Crippen LogP contribution is -2.56. The van der Waals surface area contributed by atoms with Crippen molar-refractivity contribution in [2.45, 2.75) is 13.0 Å². The Bertz CT molecular complexity index is 1670. The summed E-state index contributed by atoms with van der Waals surface area (Å²) in [7, 11) is 3.91. The second-order valence-electron chi connectivity index (χ2n) is 9.93. The Morgan fingerprint density at radius 1 is 0.947 bits per heavy atom. The smallest absolute Gasteiger partial charge is 0.224 e. The van der Waals surface area contributed by atoms with Crippen molar-refractivity contribution >= 4 is 33.7 Å². The molecule has 11 heteroatoms. The largest absolute Gasteiger partial charge is 0.495 e. The maximum atomic E-state index is 6.04. The second-order valence-corrected chi connectivity index (χ2v) is 9.93. The first-order chi connectivity index (χ1) is 18.6. The third kappa shape index (κ3) is 3.74. The predicted octanol–water partition coefficient (Wildman–Crippen LogP) is 3.67. The molecule has 2 fully saturated rings. The number of aryl methyl sites for hydroxylation is 1.